The molecule has 1 aromatic rings. The van der Waals surface area contributed by atoms with Gasteiger partial charge in [0.1, 0.15) is 10.7 Å². The molecule has 0 spiro atoms. The van der Waals surface area contributed by atoms with Gasteiger partial charge < -0.3 is 5.32 Å². The van der Waals surface area contributed by atoms with Crippen LogP contribution in [0.3, 0.4) is 0 Å². The molecule has 19 heavy (non-hydrogen) atoms. The van der Waals surface area contributed by atoms with Crippen molar-refractivity contribution in [1.29, 1.82) is 0 Å². The molecule has 1 aromatic heterocycles. The lowest BCUT2D eigenvalue weighted by Gasteiger charge is -2.07. The Labute approximate surface area is 112 Å². The zero-order chi connectivity index (χ0) is 14.5. The van der Waals surface area contributed by atoms with Gasteiger partial charge in [-0.05, 0) is 19.1 Å². The second-order valence-electron chi connectivity index (χ2n) is 3.67. The number of nitrogens with zero attached hydrogens (tertiary/aromatic N) is 1. The molecule has 8 nitrogen and oxygen atoms in total. The number of rotatable bonds is 7. The second kappa shape index (κ2) is 6.28. The highest BCUT2D eigenvalue weighted by atomic mass is 32.2. The van der Waals surface area contributed by atoms with Crippen molar-refractivity contribution in [2.24, 2.45) is 5.14 Å². The molecule has 0 amide bonds. The number of nitrogens with two attached hydrogens (primary N) is 1. The Bertz CT molecular complexity index is 610. The van der Waals surface area contributed by atoms with Crippen molar-refractivity contribution >= 4 is 25.9 Å². The van der Waals surface area contributed by atoms with Gasteiger partial charge in [-0.15, -0.1) is 0 Å². The smallest absolute Gasteiger partial charge is 0.242 e. The summed E-state index contributed by atoms with van der Waals surface area (Å²) in [6, 6.07) is 2.90. The minimum atomic E-state index is -3.77. The van der Waals surface area contributed by atoms with E-state index in [1.54, 1.807) is 0 Å². The summed E-state index contributed by atoms with van der Waals surface area (Å²) in [4.78, 5) is 3.88. The van der Waals surface area contributed by atoms with E-state index in [0.29, 0.717) is 12.4 Å². The molecule has 0 bridgehead atoms. The Balaban J connectivity index is 2.72. The van der Waals surface area contributed by atoms with E-state index in [2.05, 4.69) is 15.0 Å². The summed E-state index contributed by atoms with van der Waals surface area (Å²) in [6.45, 7) is 2.28. The molecule has 0 radical (unpaired) electrons. The summed E-state index contributed by atoms with van der Waals surface area (Å²) in [6.07, 6.45) is 1.19. The monoisotopic (exact) mass is 308 g/mol. The number of pyridine rings is 1. The summed E-state index contributed by atoms with van der Waals surface area (Å²) in [5.41, 5.74) is 0. The minimum absolute atomic E-state index is 0.0384. The van der Waals surface area contributed by atoms with Crippen LogP contribution < -0.4 is 15.2 Å². The molecule has 0 aliphatic heterocycles. The fourth-order valence-electron chi connectivity index (χ4n) is 1.23. The van der Waals surface area contributed by atoms with Crippen LogP contribution in [0.2, 0.25) is 0 Å². The summed E-state index contributed by atoms with van der Waals surface area (Å²) >= 11 is 0. The van der Waals surface area contributed by atoms with Crippen molar-refractivity contribution in [3.8, 4) is 0 Å². The van der Waals surface area contributed by atoms with Gasteiger partial charge in [0.05, 0.1) is 5.75 Å². The number of sulfonamides is 2. The molecule has 0 fully saturated rings. The standard InChI is InChI=1S/C9H16N4O4S2/c1-2-11-9-4-3-8(7-12-9)19(16,17)13-5-6-18(10,14)15/h3-4,7,13H,2,5-6H2,1H3,(H,11,12)(H2,10,14,15). The van der Waals surface area contributed by atoms with E-state index < -0.39 is 25.8 Å². The van der Waals surface area contributed by atoms with Gasteiger partial charge in [-0.25, -0.2) is 31.7 Å². The number of aromatic nitrogens is 1. The van der Waals surface area contributed by atoms with E-state index in [-0.39, 0.29) is 11.4 Å². The quantitative estimate of drug-likeness (QED) is 0.597. The summed E-state index contributed by atoms with van der Waals surface area (Å²) in [5.74, 6) is 0.0979. The maximum Gasteiger partial charge on any atom is 0.242 e. The molecule has 108 valence electrons. The zero-order valence-electron chi connectivity index (χ0n) is 10.3. The molecule has 0 unspecified atom stereocenters. The van der Waals surface area contributed by atoms with Crippen molar-refractivity contribution < 1.29 is 16.8 Å². The first-order valence-electron chi connectivity index (χ1n) is 5.44. The van der Waals surface area contributed by atoms with Gasteiger partial charge in [-0.2, -0.15) is 0 Å². The number of hydrogen-bond acceptors (Lipinski definition) is 6. The van der Waals surface area contributed by atoms with Crippen molar-refractivity contribution in [3.05, 3.63) is 18.3 Å². The van der Waals surface area contributed by atoms with Crippen LogP contribution >= 0.6 is 0 Å². The van der Waals surface area contributed by atoms with Crippen LogP contribution in [-0.4, -0.2) is 40.7 Å². The normalized spacial score (nSPS) is 12.3. The molecule has 0 saturated carbocycles. The highest BCUT2D eigenvalue weighted by Gasteiger charge is 2.15. The van der Waals surface area contributed by atoms with E-state index in [1.165, 1.54) is 18.3 Å². The van der Waals surface area contributed by atoms with Gasteiger partial charge in [0.25, 0.3) is 0 Å². The molecule has 1 heterocycles. The highest BCUT2D eigenvalue weighted by Crippen LogP contribution is 2.10. The Morgan fingerprint density at radius 3 is 2.42 bits per heavy atom. The Kier molecular flexibility index (Phi) is 5.23. The van der Waals surface area contributed by atoms with Crippen molar-refractivity contribution in [3.63, 3.8) is 0 Å². The molecule has 0 atom stereocenters. The number of nitrogens with one attached hydrogen (secondary N) is 2. The highest BCUT2D eigenvalue weighted by molar-refractivity contribution is 7.90. The first-order chi connectivity index (χ1) is 8.74. The number of anilines is 1. The molecule has 1 rings (SSSR count). The van der Waals surface area contributed by atoms with Gasteiger partial charge in [-0.1, -0.05) is 0 Å². The molecule has 10 heteroatoms. The third kappa shape index (κ3) is 5.51. The SMILES string of the molecule is CCNc1ccc(S(=O)(=O)NCCS(N)(=O)=O)cn1. The maximum atomic E-state index is 11.8. The first kappa shape index (κ1) is 15.8. The second-order valence-corrected chi connectivity index (χ2v) is 7.18. The minimum Gasteiger partial charge on any atom is -0.370 e. The van der Waals surface area contributed by atoms with Crippen LogP contribution in [0, 0.1) is 0 Å². The predicted molar refractivity (Wildman–Crippen MR) is 71.6 cm³/mol. The third-order valence-electron chi connectivity index (χ3n) is 2.08. The third-order valence-corrected chi connectivity index (χ3v) is 4.30. The van der Waals surface area contributed by atoms with Crippen LogP contribution in [-0.2, 0) is 20.0 Å². The lowest BCUT2D eigenvalue weighted by atomic mass is 10.4. The van der Waals surface area contributed by atoms with Gasteiger partial charge >= 0.3 is 0 Å². The summed E-state index contributed by atoms with van der Waals surface area (Å²) < 4.78 is 47.1. The summed E-state index contributed by atoms with van der Waals surface area (Å²) in [7, 11) is -7.47. The van der Waals surface area contributed by atoms with Crippen molar-refractivity contribution in [2.45, 2.75) is 11.8 Å². The van der Waals surface area contributed by atoms with Gasteiger partial charge in [0.15, 0.2) is 0 Å². The van der Waals surface area contributed by atoms with Crippen LogP contribution in [0.4, 0.5) is 5.82 Å². The molecule has 4 N–H and O–H groups in total. The molecule has 0 aliphatic carbocycles. The first-order valence-corrected chi connectivity index (χ1v) is 8.64. The molecule has 0 aromatic carbocycles. The van der Waals surface area contributed by atoms with Gasteiger partial charge in [-0.3, -0.25) is 0 Å². The lowest BCUT2D eigenvalue weighted by molar-refractivity contribution is 0.581. The van der Waals surface area contributed by atoms with E-state index >= 15 is 0 Å². The van der Waals surface area contributed by atoms with E-state index in [9.17, 15) is 16.8 Å². The fraction of sp³-hybridized carbons (Fsp3) is 0.444. The van der Waals surface area contributed by atoms with Crippen molar-refractivity contribution in [2.75, 3.05) is 24.2 Å². The average Bonchev–Trinajstić information content (AvgIpc) is 2.28. The topological polar surface area (TPSA) is 131 Å². The van der Waals surface area contributed by atoms with Crippen LogP contribution in [0.25, 0.3) is 0 Å². The van der Waals surface area contributed by atoms with Gasteiger partial charge in [0, 0.05) is 19.3 Å². The van der Waals surface area contributed by atoms with E-state index in [0.717, 1.165) is 0 Å². The van der Waals surface area contributed by atoms with E-state index in [1.807, 2.05) is 6.92 Å². The van der Waals surface area contributed by atoms with Gasteiger partial charge in [0.2, 0.25) is 20.0 Å². The number of hydrogen-bond donors (Lipinski definition) is 3. The Morgan fingerprint density at radius 2 is 1.95 bits per heavy atom. The maximum absolute atomic E-state index is 11.8. The molecule has 0 aliphatic rings. The zero-order valence-corrected chi connectivity index (χ0v) is 12.0. The Morgan fingerprint density at radius 1 is 1.26 bits per heavy atom. The van der Waals surface area contributed by atoms with Crippen molar-refractivity contribution in [1.82, 2.24) is 9.71 Å². The van der Waals surface area contributed by atoms with Crippen LogP contribution in [0.15, 0.2) is 23.2 Å². The molecular weight excluding hydrogens is 292 g/mol. The molecular formula is C9H16N4O4S2. The average molecular weight is 308 g/mol. The number of primary sulfonamides is 1. The molecule has 0 saturated heterocycles. The predicted octanol–water partition coefficient (Wildman–Crippen LogP) is -0.920. The van der Waals surface area contributed by atoms with E-state index in [4.69, 9.17) is 5.14 Å². The largest absolute Gasteiger partial charge is 0.370 e. The fourth-order valence-corrected chi connectivity index (χ4v) is 2.72. The summed E-state index contributed by atoms with van der Waals surface area (Å²) in [5, 5.41) is 7.70. The van der Waals surface area contributed by atoms with Crippen LogP contribution in [0.5, 0.6) is 0 Å². The van der Waals surface area contributed by atoms with Crippen LogP contribution in [0.1, 0.15) is 6.92 Å². The lowest BCUT2D eigenvalue weighted by Crippen LogP contribution is -2.31. The Hall–Kier alpha value is -1.23.